The number of hydrogen-bond donors (Lipinski definition) is 1. The molecule has 3 rings (SSSR count). The van der Waals surface area contributed by atoms with Crippen molar-refractivity contribution >= 4 is 0 Å². The summed E-state index contributed by atoms with van der Waals surface area (Å²) in [5, 5.41) is 0. The van der Waals surface area contributed by atoms with Crippen molar-refractivity contribution in [2.75, 3.05) is 0 Å². The third-order valence-electron chi connectivity index (χ3n) is 3.99. The van der Waals surface area contributed by atoms with E-state index in [2.05, 4.69) is 24.0 Å². The van der Waals surface area contributed by atoms with Crippen LogP contribution >= 0.6 is 0 Å². The van der Waals surface area contributed by atoms with Gasteiger partial charge in [0.15, 0.2) is 0 Å². The summed E-state index contributed by atoms with van der Waals surface area (Å²) in [6.45, 7) is 2.57. The van der Waals surface area contributed by atoms with Crippen LogP contribution in [0.1, 0.15) is 41.3 Å². The van der Waals surface area contributed by atoms with E-state index in [0.29, 0.717) is 6.61 Å². The van der Waals surface area contributed by atoms with Gasteiger partial charge in [0.1, 0.15) is 12.4 Å². The highest BCUT2D eigenvalue weighted by molar-refractivity contribution is 5.43. The van der Waals surface area contributed by atoms with Gasteiger partial charge in [-0.2, -0.15) is 0 Å². The van der Waals surface area contributed by atoms with Gasteiger partial charge in [-0.15, -0.1) is 0 Å². The van der Waals surface area contributed by atoms with E-state index in [1.807, 2.05) is 24.4 Å². The molecule has 0 saturated heterocycles. The zero-order chi connectivity index (χ0) is 13.9. The van der Waals surface area contributed by atoms with Crippen LogP contribution in [0.3, 0.4) is 0 Å². The van der Waals surface area contributed by atoms with Crippen LogP contribution < -0.4 is 10.5 Å². The van der Waals surface area contributed by atoms with Crippen LogP contribution in [0.5, 0.6) is 5.75 Å². The van der Waals surface area contributed by atoms with Gasteiger partial charge in [-0.1, -0.05) is 18.2 Å². The number of benzene rings is 1. The van der Waals surface area contributed by atoms with Gasteiger partial charge in [0.25, 0.3) is 0 Å². The second-order valence-corrected chi connectivity index (χ2v) is 5.38. The monoisotopic (exact) mass is 268 g/mol. The lowest BCUT2D eigenvalue weighted by Crippen LogP contribution is -2.18. The van der Waals surface area contributed by atoms with Crippen LogP contribution in [-0.2, 0) is 13.0 Å². The van der Waals surface area contributed by atoms with E-state index in [-0.39, 0.29) is 6.04 Å². The Balaban J connectivity index is 1.82. The molecule has 1 aromatic heterocycles. The molecular weight excluding hydrogens is 248 g/mol. The molecule has 0 fully saturated rings. The number of pyridine rings is 1. The molecule has 3 nitrogen and oxygen atoms in total. The lowest BCUT2D eigenvalue weighted by atomic mass is 9.87. The first kappa shape index (κ1) is 13.1. The Morgan fingerprint density at radius 2 is 2.20 bits per heavy atom. The zero-order valence-corrected chi connectivity index (χ0v) is 11.8. The summed E-state index contributed by atoms with van der Waals surface area (Å²) < 4.78 is 6.00. The Hall–Kier alpha value is -1.87. The lowest BCUT2D eigenvalue weighted by molar-refractivity contribution is 0.295. The van der Waals surface area contributed by atoms with Gasteiger partial charge in [0.05, 0.1) is 5.69 Å². The third kappa shape index (κ3) is 2.54. The first-order chi connectivity index (χ1) is 9.75. The van der Waals surface area contributed by atoms with Crippen molar-refractivity contribution in [1.29, 1.82) is 0 Å². The van der Waals surface area contributed by atoms with Crippen LogP contribution in [0.25, 0.3) is 0 Å². The molecule has 1 atom stereocenters. The van der Waals surface area contributed by atoms with Gasteiger partial charge < -0.3 is 10.5 Å². The average Bonchev–Trinajstić information content (AvgIpc) is 2.47. The predicted molar refractivity (Wildman–Crippen MR) is 79.6 cm³/mol. The number of nitrogens with two attached hydrogens (primary N) is 1. The third-order valence-corrected chi connectivity index (χ3v) is 3.99. The molecule has 0 radical (unpaired) electrons. The fourth-order valence-electron chi connectivity index (χ4n) is 2.80. The standard InChI is InChI=1S/C17H20N2O/c1-12-5-4-10-19-16(12)11-20-17-9-3-6-13-14(17)7-2-8-15(13)18/h3-6,9-10,15H,2,7-8,11,18H2,1H3. The average molecular weight is 268 g/mol. The van der Waals surface area contributed by atoms with E-state index < -0.39 is 0 Å². The lowest BCUT2D eigenvalue weighted by Gasteiger charge is -2.24. The van der Waals surface area contributed by atoms with Gasteiger partial charge in [-0.05, 0) is 55.0 Å². The second kappa shape index (κ2) is 5.63. The molecule has 20 heavy (non-hydrogen) atoms. The van der Waals surface area contributed by atoms with Gasteiger partial charge in [-0.25, -0.2) is 0 Å². The molecule has 0 saturated carbocycles. The van der Waals surface area contributed by atoms with Crippen molar-refractivity contribution in [2.24, 2.45) is 5.73 Å². The topological polar surface area (TPSA) is 48.1 Å². The molecule has 104 valence electrons. The summed E-state index contributed by atoms with van der Waals surface area (Å²) in [6.07, 6.45) is 5.06. The number of rotatable bonds is 3. The fourth-order valence-corrected chi connectivity index (χ4v) is 2.80. The van der Waals surface area contributed by atoms with Gasteiger partial charge in [-0.3, -0.25) is 4.98 Å². The molecule has 0 bridgehead atoms. The maximum atomic E-state index is 6.18. The fraction of sp³-hybridized carbons (Fsp3) is 0.353. The Kier molecular flexibility index (Phi) is 3.70. The molecule has 0 spiro atoms. The maximum absolute atomic E-state index is 6.18. The summed E-state index contributed by atoms with van der Waals surface area (Å²) in [4.78, 5) is 4.37. The van der Waals surface area contributed by atoms with Gasteiger partial charge >= 0.3 is 0 Å². The first-order valence-corrected chi connectivity index (χ1v) is 7.16. The van der Waals surface area contributed by atoms with Crippen molar-refractivity contribution in [3.05, 3.63) is 58.9 Å². The summed E-state index contributed by atoms with van der Waals surface area (Å²) in [6, 6.07) is 10.3. The summed E-state index contributed by atoms with van der Waals surface area (Å²) in [7, 11) is 0. The van der Waals surface area contributed by atoms with E-state index in [9.17, 15) is 0 Å². The molecule has 0 aliphatic heterocycles. The highest BCUT2D eigenvalue weighted by Gasteiger charge is 2.19. The SMILES string of the molecule is Cc1cccnc1COc1cccc2c1CCCC2N. The number of aryl methyl sites for hydroxylation is 1. The van der Waals surface area contributed by atoms with Crippen molar-refractivity contribution in [1.82, 2.24) is 4.98 Å². The molecule has 1 heterocycles. The molecule has 1 aliphatic rings. The minimum Gasteiger partial charge on any atom is -0.487 e. The Morgan fingerprint density at radius 1 is 1.30 bits per heavy atom. The minimum absolute atomic E-state index is 0.152. The molecular formula is C17H20N2O. The largest absolute Gasteiger partial charge is 0.487 e. The van der Waals surface area contributed by atoms with E-state index in [1.54, 1.807) is 0 Å². The maximum Gasteiger partial charge on any atom is 0.130 e. The Morgan fingerprint density at radius 3 is 3.05 bits per heavy atom. The zero-order valence-electron chi connectivity index (χ0n) is 11.8. The number of nitrogens with zero attached hydrogens (tertiary/aromatic N) is 1. The summed E-state index contributed by atoms with van der Waals surface area (Å²) in [5.74, 6) is 0.961. The smallest absolute Gasteiger partial charge is 0.130 e. The predicted octanol–water partition coefficient (Wildman–Crippen LogP) is 3.31. The van der Waals surface area contributed by atoms with E-state index >= 15 is 0 Å². The van der Waals surface area contributed by atoms with Crippen molar-refractivity contribution in [2.45, 2.75) is 38.8 Å². The first-order valence-electron chi connectivity index (χ1n) is 7.16. The molecule has 0 amide bonds. The molecule has 3 heteroatoms. The van der Waals surface area contributed by atoms with Crippen LogP contribution in [0.15, 0.2) is 36.5 Å². The van der Waals surface area contributed by atoms with Crippen LogP contribution in [0.4, 0.5) is 0 Å². The van der Waals surface area contributed by atoms with Crippen molar-refractivity contribution in [3.8, 4) is 5.75 Å². The van der Waals surface area contributed by atoms with Crippen LogP contribution in [0.2, 0.25) is 0 Å². The molecule has 1 aromatic carbocycles. The second-order valence-electron chi connectivity index (χ2n) is 5.38. The van der Waals surface area contributed by atoms with Crippen molar-refractivity contribution in [3.63, 3.8) is 0 Å². The minimum atomic E-state index is 0.152. The normalized spacial score (nSPS) is 17.6. The summed E-state index contributed by atoms with van der Waals surface area (Å²) in [5.41, 5.74) is 10.9. The van der Waals surface area contributed by atoms with Crippen LogP contribution in [0, 0.1) is 6.92 Å². The van der Waals surface area contributed by atoms with Gasteiger partial charge in [0, 0.05) is 12.2 Å². The number of hydrogen-bond acceptors (Lipinski definition) is 3. The Bertz CT molecular complexity index is 610. The van der Waals surface area contributed by atoms with Crippen molar-refractivity contribution < 1.29 is 4.74 Å². The molecule has 1 unspecified atom stereocenters. The van der Waals surface area contributed by atoms with Gasteiger partial charge in [0.2, 0.25) is 0 Å². The number of fused-ring (bicyclic) bond motifs is 1. The highest BCUT2D eigenvalue weighted by atomic mass is 16.5. The number of ether oxygens (including phenoxy) is 1. The number of aromatic nitrogens is 1. The van der Waals surface area contributed by atoms with Crippen LogP contribution in [-0.4, -0.2) is 4.98 Å². The molecule has 2 N–H and O–H groups in total. The summed E-state index contributed by atoms with van der Waals surface area (Å²) >= 11 is 0. The van der Waals surface area contributed by atoms with E-state index in [4.69, 9.17) is 10.5 Å². The highest BCUT2D eigenvalue weighted by Crippen LogP contribution is 2.34. The molecule has 1 aliphatic carbocycles. The molecule has 2 aromatic rings. The quantitative estimate of drug-likeness (QED) is 0.929. The Labute approximate surface area is 119 Å². The van der Waals surface area contributed by atoms with E-state index in [1.165, 1.54) is 11.1 Å². The van der Waals surface area contributed by atoms with E-state index in [0.717, 1.165) is 36.3 Å².